The number of hydrogen-bond acceptors (Lipinski definition) is 0. The van der Waals surface area contributed by atoms with Gasteiger partial charge in [0.15, 0.2) is 0 Å². The second kappa shape index (κ2) is 8.35. The lowest BCUT2D eigenvalue weighted by molar-refractivity contribution is 0.116. The molecule has 2 aliphatic carbocycles. The van der Waals surface area contributed by atoms with Crippen LogP contribution < -0.4 is 0 Å². The van der Waals surface area contributed by atoms with Gasteiger partial charge in [-0.05, 0) is 92.5 Å². The highest BCUT2D eigenvalue weighted by molar-refractivity contribution is 5.44. The van der Waals surface area contributed by atoms with Gasteiger partial charge in [0.05, 0.1) is 0 Å². The van der Waals surface area contributed by atoms with Gasteiger partial charge in [0.25, 0.3) is 0 Å². The van der Waals surface area contributed by atoms with Crippen molar-refractivity contribution in [1.29, 1.82) is 0 Å². The number of benzene rings is 2. The van der Waals surface area contributed by atoms with E-state index >= 15 is 0 Å². The highest BCUT2D eigenvalue weighted by atomic mass is 14.4. The SMILES string of the molecule is CCC1CCC2CC(c3ccc(C#Cc4ccc(C)cc4)cc3)CCC2C1. The smallest absolute Gasteiger partial charge is 0.0249 e. The van der Waals surface area contributed by atoms with Crippen molar-refractivity contribution in [2.75, 3.05) is 0 Å². The zero-order chi connectivity index (χ0) is 18.6. The molecule has 0 radical (unpaired) electrons. The van der Waals surface area contributed by atoms with Crippen molar-refractivity contribution in [2.45, 2.75) is 64.7 Å². The van der Waals surface area contributed by atoms with E-state index in [1.807, 2.05) is 0 Å². The van der Waals surface area contributed by atoms with E-state index in [0.29, 0.717) is 0 Å². The highest BCUT2D eigenvalue weighted by Crippen LogP contribution is 2.48. The zero-order valence-corrected chi connectivity index (χ0v) is 16.9. The maximum atomic E-state index is 3.32. The Morgan fingerprint density at radius 1 is 0.741 bits per heavy atom. The van der Waals surface area contributed by atoms with Gasteiger partial charge >= 0.3 is 0 Å². The zero-order valence-electron chi connectivity index (χ0n) is 16.9. The number of fused-ring (bicyclic) bond motifs is 1. The van der Waals surface area contributed by atoms with E-state index in [4.69, 9.17) is 0 Å². The molecule has 0 spiro atoms. The monoisotopic (exact) mass is 356 g/mol. The fourth-order valence-corrected chi connectivity index (χ4v) is 5.28. The Kier molecular flexibility index (Phi) is 5.68. The molecule has 4 rings (SSSR count). The summed E-state index contributed by atoms with van der Waals surface area (Å²) in [5.41, 5.74) is 5.02. The summed E-state index contributed by atoms with van der Waals surface area (Å²) in [5.74, 6) is 10.4. The number of rotatable bonds is 2. The lowest BCUT2D eigenvalue weighted by Gasteiger charge is -2.42. The third-order valence-corrected chi connectivity index (χ3v) is 7.08. The first-order valence-corrected chi connectivity index (χ1v) is 10.9. The van der Waals surface area contributed by atoms with E-state index in [-0.39, 0.29) is 0 Å². The van der Waals surface area contributed by atoms with Gasteiger partial charge in [0, 0.05) is 11.1 Å². The van der Waals surface area contributed by atoms with Gasteiger partial charge in [-0.1, -0.05) is 61.4 Å². The molecular formula is C27H32. The Labute approximate surface area is 165 Å². The second-order valence-corrected chi connectivity index (χ2v) is 8.86. The molecule has 0 amide bonds. The minimum Gasteiger partial charge on any atom is -0.0651 e. The molecule has 0 bridgehead atoms. The third-order valence-electron chi connectivity index (χ3n) is 7.08. The van der Waals surface area contributed by atoms with Crippen LogP contribution in [0.4, 0.5) is 0 Å². The van der Waals surface area contributed by atoms with E-state index < -0.39 is 0 Å². The van der Waals surface area contributed by atoms with Crippen molar-refractivity contribution in [1.82, 2.24) is 0 Å². The van der Waals surface area contributed by atoms with Crippen LogP contribution in [0.2, 0.25) is 0 Å². The van der Waals surface area contributed by atoms with Gasteiger partial charge < -0.3 is 0 Å². The van der Waals surface area contributed by atoms with Gasteiger partial charge in [-0.2, -0.15) is 0 Å². The predicted octanol–water partition coefficient (Wildman–Crippen LogP) is 7.10. The molecule has 4 atom stereocenters. The van der Waals surface area contributed by atoms with Gasteiger partial charge in [-0.25, -0.2) is 0 Å². The van der Waals surface area contributed by atoms with Crippen LogP contribution >= 0.6 is 0 Å². The van der Waals surface area contributed by atoms with E-state index in [1.54, 1.807) is 0 Å². The van der Waals surface area contributed by atoms with Crippen molar-refractivity contribution in [3.05, 3.63) is 70.8 Å². The Balaban J connectivity index is 1.39. The normalized spacial score (nSPS) is 27.3. The standard InChI is InChI=1S/C27H32/c1-3-21-10-15-27-19-26(17-16-25(27)18-21)24-13-11-23(12-14-24)9-8-22-6-4-20(2)5-7-22/h4-7,11-14,21,25-27H,3,10,15-19H2,1-2H3. The lowest BCUT2D eigenvalue weighted by Crippen LogP contribution is -2.30. The fraction of sp³-hybridized carbons (Fsp3) is 0.481. The number of aryl methyl sites for hydroxylation is 1. The molecule has 2 aromatic carbocycles. The molecule has 2 saturated carbocycles. The molecule has 27 heavy (non-hydrogen) atoms. The topological polar surface area (TPSA) is 0 Å². The third kappa shape index (κ3) is 4.47. The van der Waals surface area contributed by atoms with E-state index in [0.717, 1.165) is 34.8 Å². The molecule has 0 aromatic heterocycles. The Morgan fingerprint density at radius 3 is 2.00 bits per heavy atom. The van der Waals surface area contributed by atoms with Crippen molar-refractivity contribution in [3.63, 3.8) is 0 Å². The maximum absolute atomic E-state index is 3.32. The van der Waals surface area contributed by atoms with E-state index in [2.05, 4.69) is 74.2 Å². The molecule has 140 valence electrons. The van der Waals surface area contributed by atoms with Crippen LogP contribution in [0.3, 0.4) is 0 Å². The molecular weight excluding hydrogens is 324 g/mol. The molecule has 0 heteroatoms. The highest BCUT2D eigenvalue weighted by Gasteiger charge is 2.35. The maximum Gasteiger partial charge on any atom is 0.0249 e. The van der Waals surface area contributed by atoms with E-state index in [1.165, 1.54) is 56.1 Å². The largest absolute Gasteiger partial charge is 0.0651 e. The molecule has 0 nitrogen and oxygen atoms in total. The fourth-order valence-electron chi connectivity index (χ4n) is 5.28. The molecule has 0 saturated heterocycles. The minimum atomic E-state index is 0.767. The first-order valence-electron chi connectivity index (χ1n) is 10.9. The lowest BCUT2D eigenvalue weighted by atomic mass is 9.63. The first kappa shape index (κ1) is 18.4. The van der Waals surface area contributed by atoms with Crippen LogP contribution in [-0.2, 0) is 0 Å². The van der Waals surface area contributed by atoms with Crippen LogP contribution in [0.5, 0.6) is 0 Å². The van der Waals surface area contributed by atoms with Crippen molar-refractivity contribution in [2.24, 2.45) is 17.8 Å². The summed E-state index contributed by atoms with van der Waals surface area (Å²) in [5, 5.41) is 0. The second-order valence-electron chi connectivity index (χ2n) is 8.86. The molecule has 2 aromatic rings. The van der Waals surface area contributed by atoms with Gasteiger partial charge in [0.1, 0.15) is 0 Å². The van der Waals surface area contributed by atoms with Crippen LogP contribution in [0.15, 0.2) is 48.5 Å². The quantitative estimate of drug-likeness (QED) is 0.503. The predicted molar refractivity (Wildman–Crippen MR) is 115 cm³/mol. The first-order chi connectivity index (χ1) is 13.2. The van der Waals surface area contributed by atoms with Crippen molar-refractivity contribution in [3.8, 4) is 11.8 Å². The molecule has 4 unspecified atom stereocenters. The summed E-state index contributed by atoms with van der Waals surface area (Å²) in [4.78, 5) is 0. The molecule has 0 aliphatic heterocycles. The van der Waals surface area contributed by atoms with Gasteiger partial charge in [-0.3, -0.25) is 0 Å². The Bertz CT molecular complexity index is 800. The summed E-state index contributed by atoms with van der Waals surface area (Å²) in [6, 6.07) is 17.6. The van der Waals surface area contributed by atoms with Gasteiger partial charge in [0.2, 0.25) is 0 Å². The molecule has 2 fully saturated rings. The van der Waals surface area contributed by atoms with Crippen LogP contribution in [0, 0.1) is 36.5 Å². The molecule has 0 N–H and O–H groups in total. The summed E-state index contributed by atoms with van der Waals surface area (Å²) in [7, 11) is 0. The number of hydrogen-bond donors (Lipinski definition) is 0. The van der Waals surface area contributed by atoms with Crippen LogP contribution in [0.1, 0.15) is 80.0 Å². The van der Waals surface area contributed by atoms with Crippen LogP contribution in [-0.4, -0.2) is 0 Å². The molecule has 0 heterocycles. The Morgan fingerprint density at radius 2 is 1.33 bits per heavy atom. The summed E-state index contributed by atoms with van der Waals surface area (Å²) in [6.07, 6.45) is 10.1. The summed E-state index contributed by atoms with van der Waals surface area (Å²) in [6.45, 7) is 4.48. The average Bonchev–Trinajstić information content (AvgIpc) is 2.73. The summed E-state index contributed by atoms with van der Waals surface area (Å²) < 4.78 is 0. The average molecular weight is 357 g/mol. The summed E-state index contributed by atoms with van der Waals surface area (Å²) >= 11 is 0. The Hall–Kier alpha value is -2.00. The van der Waals surface area contributed by atoms with Crippen molar-refractivity contribution < 1.29 is 0 Å². The van der Waals surface area contributed by atoms with Crippen molar-refractivity contribution >= 4 is 0 Å². The van der Waals surface area contributed by atoms with Crippen LogP contribution in [0.25, 0.3) is 0 Å². The van der Waals surface area contributed by atoms with E-state index in [9.17, 15) is 0 Å². The van der Waals surface area contributed by atoms with Gasteiger partial charge in [-0.15, -0.1) is 0 Å². The molecule has 2 aliphatic rings. The minimum absolute atomic E-state index is 0.767.